The van der Waals surface area contributed by atoms with Gasteiger partial charge in [0.05, 0.1) is 26.4 Å². The molecule has 0 saturated carbocycles. The lowest BCUT2D eigenvalue weighted by Gasteiger charge is -2.21. The number of hydrogen-bond acceptors (Lipinski definition) is 15. The van der Waals surface area contributed by atoms with Crippen LogP contribution in [-0.2, 0) is 65.4 Å². The highest BCUT2D eigenvalue weighted by Crippen LogP contribution is 2.45. The summed E-state index contributed by atoms with van der Waals surface area (Å²) in [5, 5.41) is 10.6. The molecule has 0 fully saturated rings. The van der Waals surface area contributed by atoms with Crippen LogP contribution in [0.3, 0.4) is 0 Å². The van der Waals surface area contributed by atoms with Crippen molar-refractivity contribution in [2.24, 2.45) is 11.8 Å². The number of carbonyl (C=O) groups excluding carboxylic acids is 4. The highest BCUT2D eigenvalue weighted by atomic mass is 31.2. The third-order valence-corrected chi connectivity index (χ3v) is 18.2. The Kier molecular flexibility index (Phi) is 62.8. The molecule has 0 rings (SSSR count). The number of rotatable bonds is 70. The molecule has 0 aliphatic heterocycles. The van der Waals surface area contributed by atoms with E-state index >= 15 is 0 Å². The summed E-state index contributed by atoms with van der Waals surface area (Å²) in [7, 11) is -9.91. The summed E-state index contributed by atoms with van der Waals surface area (Å²) in [6.45, 7) is 9.45. The molecule has 0 aliphatic rings. The van der Waals surface area contributed by atoms with Crippen molar-refractivity contribution >= 4 is 39.5 Å². The first kappa shape index (κ1) is 89.5. The van der Waals surface area contributed by atoms with Gasteiger partial charge in [-0.15, -0.1) is 0 Å². The van der Waals surface area contributed by atoms with Crippen LogP contribution in [0.2, 0.25) is 0 Å². The zero-order valence-electron chi connectivity index (χ0n) is 59.3. The summed E-state index contributed by atoms with van der Waals surface area (Å²) >= 11 is 0. The van der Waals surface area contributed by atoms with E-state index in [0.717, 1.165) is 121 Å². The van der Waals surface area contributed by atoms with Crippen LogP contribution >= 0.6 is 15.6 Å². The second-order valence-electron chi connectivity index (χ2n) is 26.6. The number of esters is 4. The van der Waals surface area contributed by atoms with Crippen molar-refractivity contribution in [3.63, 3.8) is 0 Å². The first-order chi connectivity index (χ1) is 44.4. The highest BCUT2D eigenvalue weighted by molar-refractivity contribution is 7.47. The minimum absolute atomic E-state index is 0.0840. The van der Waals surface area contributed by atoms with Crippen LogP contribution < -0.4 is 0 Å². The van der Waals surface area contributed by atoms with Gasteiger partial charge in [0, 0.05) is 25.7 Å². The van der Waals surface area contributed by atoms with Crippen LogP contribution in [-0.4, -0.2) is 96.7 Å². The van der Waals surface area contributed by atoms with Crippen molar-refractivity contribution in [3.05, 3.63) is 24.3 Å². The third-order valence-electron chi connectivity index (χ3n) is 16.3. The molecule has 0 heterocycles. The Morgan fingerprint density at radius 2 is 0.587 bits per heavy atom. The van der Waals surface area contributed by atoms with E-state index in [4.69, 9.17) is 37.0 Å². The highest BCUT2D eigenvalue weighted by Gasteiger charge is 2.30. The molecule has 2 unspecified atom stereocenters. The minimum atomic E-state index is -4.96. The van der Waals surface area contributed by atoms with Gasteiger partial charge in [0.2, 0.25) is 0 Å². The minimum Gasteiger partial charge on any atom is -0.462 e. The second-order valence-corrected chi connectivity index (χ2v) is 29.5. The van der Waals surface area contributed by atoms with E-state index in [1.807, 2.05) is 0 Å². The molecule has 0 aromatic rings. The van der Waals surface area contributed by atoms with Gasteiger partial charge in [-0.2, -0.15) is 0 Å². The number of carbonyl (C=O) groups is 4. The van der Waals surface area contributed by atoms with E-state index in [1.54, 1.807) is 0 Å². The summed E-state index contributed by atoms with van der Waals surface area (Å²) in [6.07, 6.45) is 53.9. The average molecular weight is 1350 g/mol. The Balaban J connectivity index is 5.19. The molecule has 0 aliphatic carbocycles. The van der Waals surface area contributed by atoms with Crippen LogP contribution in [0.1, 0.15) is 350 Å². The maximum Gasteiger partial charge on any atom is 0.472 e. The predicted molar refractivity (Wildman–Crippen MR) is 372 cm³/mol. The molecule has 3 N–H and O–H groups in total. The Labute approximate surface area is 561 Å². The maximum absolute atomic E-state index is 13.0. The summed E-state index contributed by atoms with van der Waals surface area (Å²) in [4.78, 5) is 72.4. The number of ether oxygens (including phenoxy) is 4. The number of allylic oxidation sites excluding steroid dienone is 4. The topological polar surface area (TPSA) is 237 Å². The van der Waals surface area contributed by atoms with Gasteiger partial charge >= 0.3 is 39.5 Å². The van der Waals surface area contributed by atoms with Gasteiger partial charge in [-0.3, -0.25) is 37.3 Å². The van der Waals surface area contributed by atoms with Crippen molar-refractivity contribution in [2.45, 2.75) is 368 Å². The van der Waals surface area contributed by atoms with Crippen LogP contribution in [0, 0.1) is 11.8 Å². The molecule has 5 atom stereocenters. The molecule has 92 heavy (non-hydrogen) atoms. The quantitative estimate of drug-likeness (QED) is 0.0169. The van der Waals surface area contributed by atoms with Crippen molar-refractivity contribution in [2.75, 3.05) is 39.6 Å². The summed E-state index contributed by atoms with van der Waals surface area (Å²) in [6, 6.07) is 0. The third kappa shape index (κ3) is 66.2. The first-order valence-corrected chi connectivity index (χ1v) is 40.3. The van der Waals surface area contributed by atoms with E-state index in [-0.39, 0.29) is 25.7 Å². The molecular weight excluding hydrogens is 1210 g/mol. The van der Waals surface area contributed by atoms with Crippen LogP contribution in [0.5, 0.6) is 0 Å². The van der Waals surface area contributed by atoms with Crippen molar-refractivity contribution in [1.29, 1.82) is 0 Å². The van der Waals surface area contributed by atoms with Gasteiger partial charge in [-0.1, -0.05) is 297 Å². The van der Waals surface area contributed by atoms with Crippen molar-refractivity contribution < 1.29 is 80.2 Å². The summed E-state index contributed by atoms with van der Waals surface area (Å²) < 4.78 is 68.2. The fourth-order valence-electron chi connectivity index (χ4n) is 10.6. The zero-order chi connectivity index (χ0) is 67.9. The molecule has 17 nitrogen and oxygen atoms in total. The van der Waals surface area contributed by atoms with Gasteiger partial charge in [-0.25, -0.2) is 9.13 Å². The summed E-state index contributed by atoms with van der Waals surface area (Å²) in [5.41, 5.74) is 0. The molecule has 0 saturated heterocycles. The molecule has 542 valence electrons. The second kappa shape index (κ2) is 64.5. The van der Waals surface area contributed by atoms with Gasteiger partial charge in [-0.05, 0) is 63.2 Å². The van der Waals surface area contributed by atoms with E-state index in [9.17, 15) is 43.2 Å². The lowest BCUT2D eigenvalue weighted by molar-refractivity contribution is -0.161. The summed E-state index contributed by atoms with van der Waals surface area (Å²) in [5.74, 6) is -0.587. The van der Waals surface area contributed by atoms with Gasteiger partial charge in [0.1, 0.15) is 19.3 Å². The Bertz CT molecular complexity index is 1880. The van der Waals surface area contributed by atoms with E-state index < -0.39 is 97.5 Å². The average Bonchev–Trinajstić information content (AvgIpc) is 1.62. The monoisotopic (exact) mass is 1350 g/mol. The molecule has 0 amide bonds. The van der Waals surface area contributed by atoms with E-state index in [2.05, 4.69) is 65.8 Å². The predicted octanol–water partition coefficient (Wildman–Crippen LogP) is 20.7. The van der Waals surface area contributed by atoms with Gasteiger partial charge in [0.25, 0.3) is 0 Å². The zero-order valence-corrected chi connectivity index (χ0v) is 61.1. The molecule has 0 aromatic heterocycles. The smallest absolute Gasteiger partial charge is 0.462 e. The molecule has 0 radical (unpaired) electrons. The fraction of sp³-hybridized carbons (Fsp3) is 0.890. The number of aliphatic hydroxyl groups excluding tert-OH is 1. The fourth-order valence-corrected chi connectivity index (χ4v) is 12.2. The molecule has 0 aromatic carbocycles. The number of hydrogen-bond donors (Lipinski definition) is 3. The maximum atomic E-state index is 13.0. The molecular formula is C73H138O17P2. The van der Waals surface area contributed by atoms with Gasteiger partial charge in [0.15, 0.2) is 12.2 Å². The van der Waals surface area contributed by atoms with Crippen LogP contribution in [0.25, 0.3) is 0 Å². The van der Waals surface area contributed by atoms with Crippen LogP contribution in [0.4, 0.5) is 0 Å². The number of phosphoric ester groups is 2. The first-order valence-electron chi connectivity index (χ1n) is 37.3. The van der Waals surface area contributed by atoms with E-state index in [1.165, 1.54) is 148 Å². The molecule has 19 heteroatoms. The normalized spacial score (nSPS) is 14.2. The number of aliphatic hydroxyl groups is 1. The number of unbranched alkanes of at least 4 members (excludes halogenated alkanes) is 37. The Morgan fingerprint density at radius 3 is 0.891 bits per heavy atom. The SMILES string of the molecule is CCCCCC/C=C\C=C/CCCCCCCC(=O)O[C@H](COC(=O)CCCCCCC)COP(=O)(O)OC[C@H](O)COP(=O)(O)OC[C@@H](COC(=O)CCCCCCCCCCCCCCCC(C)C)OC(=O)CCCCCCCCCCCCCCCC(C)C. The lowest BCUT2D eigenvalue weighted by atomic mass is 10.0. The number of phosphoric acid groups is 2. The molecule has 0 bridgehead atoms. The Hall–Kier alpha value is -2.46. The van der Waals surface area contributed by atoms with Crippen molar-refractivity contribution in [3.8, 4) is 0 Å². The van der Waals surface area contributed by atoms with Crippen molar-refractivity contribution in [1.82, 2.24) is 0 Å². The van der Waals surface area contributed by atoms with E-state index in [0.29, 0.717) is 25.7 Å². The van der Waals surface area contributed by atoms with Gasteiger partial charge < -0.3 is 33.8 Å². The Morgan fingerprint density at radius 1 is 0.337 bits per heavy atom. The lowest BCUT2D eigenvalue weighted by Crippen LogP contribution is -2.30. The largest absolute Gasteiger partial charge is 0.472 e. The standard InChI is InChI=1S/C73H138O17P2/c1-7-9-11-13-14-15-16-17-18-23-29-34-39-45-51-57-72(77)89-68(61-83-70(75)55-49-41-12-10-8-2)63-87-91(79,80)85-59-67(74)60-86-92(81,82)88-64-69(90-73(78)58-52-46-40-35-30-25-20-22-27-32-37-43-48-54-66(5)6)62-84-71(76)56-50-44-38-33-28-24-19-21-26-31-36-42-47-53-65(3)4/h15-18,65-69,74H,7-14,19-64H2,1-6H3,(H,79,80)(H,81,82)/b16-15-,18-17-/t67-,68+,69+/m0/s1. The molecule has 0 spiro atoms. The van der Waals surface area contributed by atoms with Crippen LogP contribution in [0.15, 0.2) is 24.3 Å².